The molecule has 110 valence electrons. The minimum Gasteiger partial charge on any atom is -0.465 e. The molecular formula is C16H15ClFNO2. The molecule has 21 heavy (non-hydrogen) atoms. The third-order valence-electron chi connectivity index (χ3n) is 3.14. The van der Waals surface area contributed by atoms with Gasteiger partial charge in [-0.05, 0) is 30.3 Å². The van der Waals surface area contributed by atoms with Crippen molar-refractivity contribution in [1.82, 2.24) is 0 Å². The van der Waals surface area contributed by atoms with Gasteiger partial charge in [0.05, 0.1) is 18.4 Å². The smallest absolute Gasteiger partial charge is 0.339 e. The van der Waals surface area contributed by atoms with Crippen molar-refractivity contribution in [2.24, 2.45) is 0 Å². The quantitative estimate of drug-likeness (QED) is 0.802. The van der Waals surface area contributed by atoms with Crippen molar-refractivity contribution < 1.29 is 13.9 Å². The lowest BCUT2D eigenvalue weighted by atomic mass is 10.1. The second kappa shape index (κ2) is 6.59. The number of carbonyl (C=O) groups excluding carboxylic acids is 1. The molecule has 0 saturated carbocycles. The van der Waals surface area contributed by atoms with Gasteiger partial charge in [-0.1, -0.05) is 23.7 Å². The van der Waals surface area contributed by atoms with Crippen molar-refractivity contribution >= 4 is 23.3 Å². The summed E-state index contributed by atoms with van der Waals surface area (Å²) in [6, 6.07) is 11.4. The van der Waals surface area contributed by atoms with Crippen LogP contribution >= 0.6 is 11.6 Å². The maximum Gasteiger partial charge on any atom is 0.339 e. The fourth-order valence-electron chi connectivity index (χ4n) is 2.09. The summed E-state index contributed by atoms with van der Waals surface area (Å²) in [6.07, 6.45) is 0. The first kappa shape index (κ1) is 15.3. The zero-order chi connectivity index (χ0) is 15.4. The van der Waals surface area contributed by atoms with E-state index in [1.54, 1.807) is 36.2 Å². The van der Waals surface area contributed by atoms with E-state index in [1.807, 2.05) is 6.07 Å². The van der Waals surface area contributed by atoms with Crippen molar-refractivity contribution in [3.8, 4) is 0 Å². The SMILES string of the molecule is COC(=O)c1ccccc1N(C)Cc1cc(Cl)ccc1F. The number of nitrogens with zero attached hydrogens (tertiary/aromatic N) is 1. The molecule has 0 atom stereocenters. The van der Waals surface area contributed by atoms with Crippen LogP contribution in [-0.2, 0) is 11.3 Å². The Hall–Kier alpha value is -2.07. The van der Waals surface area contributed by atoms with Crippen LogP contribution in [0.25, 0.3) is 0 Å². The van der Waals surface area contributed by atoms with Crippen LogP contribution in [0.15, 0.2) is 42.5 Å². The second-order valence-corrected chi connectivity index (χ2v) is 5.04. The Bertz CT molecular complexity index is 660. The van der Waals surface area contributed by atoms with E-state index >= 15 is 0 Å². The van der Waals surface area contributed by atoms with Gasteiger partial charge in [0.2, 0.25) is 0 Å². The topological polar surface area (TPSA) is 29.5 Å². The lowest BCUT2D eigenvalue weighted by Gasteiger charge is -2.22. The summed E-state index contributed by atoms with van der Waals surface area (Å²) in [5.41, 5.74) is 1.57. The molecule has 5 heteroatoms. The summed E-state index contributed by atoms with van der Waals surface area (Å²) in [4.78, 5) is 13.5. The van der Waals surface area contributed by atoms with Crippen molar-refractivity contribution in [3.05, 3.63) is 64.4 Å². The number of benzene rings is 2. The number of hydrogen-bond acceptors (Lipinski definition) is 3. The van der Waals surface area contributed by atoms with E-state index in [0.717, 1.165) is 0 Å². The molecule has 0 aliphatic carbocycles. The summed E-state index contributed by atoms with van der Waals surface area (Å²) in [5, 5.41) is 0.473. The number of rotatable bonds is 4. The van der Waals surface area contributed by atoms with Gasteiger partial charge in [0.1, 0.15) is 5.82 Å². The standard InChI is InChI=1S/C16H15ClFNO2/c1-19(10-11-9-12(17)7-8-14(11)18)15-6-4-3-5-13(15)16(20)21-2/h3-9H,10H2,1-2H3. The number of ether oxygens (including phenoxy) is 1. The molecule has 0 bridgehead atoms. The fourth-order valence-corrected chi connectivity index (χ4v) is 2.29. The normalized spacial score (nSPS) is 10.3. The van der Waals surface area contributed by atoms with Crippen LogP contribution in [0.3, 0.4) is 0 Å². The molecule has 2 aromatic rings. The van der Waals surface area contributed by atoms with Crippen LogP contribution in [0.1, 0.15) is 15.9 Å². The van der Waals surface area contributed by atoms with Gasteiger partial charge in [0.15, 0.2) is 0 Å². The number of esters is 1. The van der Waals surface area contributed by atoms with E-state index in [-0.39, 0.29) is 5.82 Å². The second-order valence-electron chi connectivity index (χ2n) is 4.60. The third kappa shape index (κ3) is 3.52. The number of hydrogen-bond donors (Lipinski definition) is 0. The Morgan fingerprint density at radius 2 is 2.00 bits per heavy atom. The molecule has 0 spiro atoms. The van der Waals surface area contributed by atoms with Crippen LogP contribution in [-0.4, -0.2) is 20.1 Å². The van der Waals surface area contributed by atoms with Gasteiger partial charge in [-0.25, -0.2) is 9.18 Å². The molecule has 0 saturated heterocycles. The maximum absolute atomic E-state index is 13.8. The van der Waals surface area contributed by atoms with Crippen LogP contribution in [0.5, 0.6) is 0 Å². The van der Waals surface area contributed by atoms with Gasteiger partial charge < -0.3 is 9.64 Å². The van der Waals surface area contributed by atoms with Gasteiger partial charge in [0, 0.05) is 24.2 Å². The lowest BCUT2D eigenvalue weighted by Crippen LogP contribution is -2.20. The Balaban J connectivity index is 2.30. The Morgan fingerprint density at radius 3 is 2.71 bits per heavy atom. The molecule has 0 aromatic heterocycles. The number of halogens is 2. The van der Waals surface area contributed by atoms with Crippen molar-refractivity contribution in [2.45, 2.75) is 6.54 Å². The third-order valence-corrected chi connectivity index (χ3v) is 3.37. The molecule has 0 amide bonds. The van der Waals surface area contributed by atoms with E-state index in [4.69, 9.17) is 16.3 Å². The number of carbonyl (C=O) groups is 1. The van der Waals surface area contributed by atoms with Crippen LogP contribution in [0.2, 0.25) is 5.02 Å². The molecule has 0 N–H and O–H groups in total. The Morgan fingerprint density at radius 1 is 1.29 bits per heavy atom. The van der Waals surface area contributed by atoms with E-state index in [2.05, 4.69) is 0 Å². The lowest BCUT2D eigenvalue weighted by molar-refractivity contribution is 0.0601. The van der Waals surface area contributed by atoms with Crippen molar-refractivity contribution in [3.63, 3.8) is 0 Å². The Labute approximate surface area is 127 Å². The highest BCUT2D eigenvalue weighted by Crippen LogP contribution is 2.23. The molecular weight excluding hydrogens is 293 g/mol. The van der Waals surface area contributed by atoms with E-state index in [9.17, 15) is 9.18 Å². The van der Waals surface area contributed by atoms with Crippen molar-refractivity contribution in [1.29, 1.82) is 0 Å². The molecule has 0 heterocycles. The van der Waals surface area contributed by atoms with E-state index < -0.39 is 5.97 Å². The van der Waals surface area contributed by atoms with Gasteiger partial charge in [-0.2, -0.15) is 0 Å². The zero-order valence-corrected chi connectivity index (χ0v) is 12.5. The van der Waals surface area contributed by atoms with E-state index in [0.29, 0.717) is 28.4 Å². The highest BCUT2D eigenvalue weighted by Gasteiger charge is 2.15. The van der Waals surface area contributed by atoms with E-state index in [1.165, 1.54) is 19.2 Å². The average molecular weight is 308 g/mol. The fraction of sp³-hybridized carbons (Fsp3) is 0.188. The summed E-state index contributed by atoms with van der Waals surface area (Å²) in [5.74, 6) is -0.759. The maximum atomic E-state index is 13.8. The molecule has 2 aromatic carbocycles. The highest BCUT2D eigenvalue weighted by atomic mass is 35.5. The van der Waals surface area contributed by atoms with Crippen molar-refractivity contribution in [2.75, 3.05) is 19.1 Å². The zero-order valence-electron chi connectivity index (χ0n) is 11.8. The van der Waals surface area contributed by atoms with Crippen LogP contribution < -0.4 is 4.90 Å². The first-order valence-corrected chi connectivity index (χ1v) is 6.73. The minimum atomic E-state index is -0.427. The molecule has 0 aliphatic rings. The highest BCUT2D eigenvalue weighted by molar-refractivity contribution is 6.30. The molecule has 0 unspecified atom stereocenters. The van der Waals surface area contributed by atoms with Crippen LogP contribution in [0.4, 0.5) is 10.1 Å². The molecule has 2 rings (SSSR count). The first-order valence-electron chi connectivity index (χ1n) is 6.35. The molecule has 0 radical (unpaired) electrons. The largest absolute Gasteiger partial charge is 0.465 e. The van der Waals surface area contributed by atoms with Gasteiger partial charge in [-0.3, -0.25) is 0 Å². The van der Waals surface area contributed by atoms with Gasteiger partial charge in [-0.15, -0.1) is 0 Å². The minimum absolute atomic E-state index is 0.292. The van der Waals surface area contributed by atoms with Gasteiger partial charge in [0.25, 0.3) is 0 Å². The average Bonchev–Trinajstić information content (AvgIpc) is 2.50. The van der Waals surface area contributed by atoms with Gasteiger partial charge >= 0.3 is 5.97 Å². The molecule has 0 fully saturated rings. The first-order chi connectivity index (χ1) is 10.0. The number of para-hydroxylation sites is 1. The van der Waals surface area contributed by atoms with Crippen LogP contribution in [0, 0.1) is 5.82 Å². The summed E-state index contributed by atoms with van der Waals surface area (Å²) < 4.78 is 18.6. The molecule has 3 nitrogen and oxygen atoms in total. The predicted molar refractivity (Wildman–Crippen MR) is 81.3 cm³/mol. The number of anilines is 1. The monoisotopic (exact) mass is 307 g/mol. The Kier molecular flexibility index (Phi) is 4.81. The summed E-state index contributed by atoms with van der Waals surface area (Å²) in [6.45, 7) is 0.292. The summed E-state index contributed by atoms with van der Waals surface area (Å²) >= 11 is 5.89. The predicted octanol–water partition coefficient (Wildman–Crippen LogP) is 3.90. The number of methoxy groups -OCH3 is 1. The summed E-state index contributed by atoms with van der Waals surface area (Å²) in [7, 11) is 3.11. The molecule has 0 aliphatic heterocycles.